The number of carboxylic acids is 1. The number of carbonyl (C=O) groups is 2. The highest BCUT2D eigenvalue weighted by Crippen LogP contribution is 2.37. The van der Waals surface area contributed by atoms with Crippen molar-refractivity contribution in [3.63, 3.8) is 0 Å². The third-order valence-electron chi connectivity index (χ3n) is 3.29. The third kappa shape index (κ3) is 1.89. The highest BCUT2D eigenvalue weighted by Gasteiger charge is 2.46. The fourth-order valence-electron chi connectivity index (χ4n) is 2.32. The molecule has 0 radical (unpaired) electrons. The highest BCUT2D eigenvalue weighted by atomic mass is 32.1. The molecule has 1 saturated carbocycles. The molecule has 0 bridgehead atoms. The van der Waals surface area contributed by atoms with Gasteiger partial charge in [0.15, 0.2) is 5.78 Å². The number of rotatable bonds is 3. The van der Waals surface area contributed by atoms with Crippen LogP contribution in [0.3, 0.4) is 0 Å². The zero-order valence-electron chi connectivity index (χ0n) is 8.94. The van der Waals surface area contributed by atoms with Crippen LogP contribution in [0.5, 0.6) is 0 Å². The van der Waals surface area contributed by atoms with Gasteiger partial charge >= 0.3 is 5.97 Å². The van der Waals surface area contributed by atoms with Crippen molar-refractivity contribution < 1.29 is 14.7 Å². The van der Waals surface area contributed by atoms with E-state index >= 15 is 0 Å². The summed E-state index contributed by atoms with van der Waals surface area (Å²) in [4.78, 5) is 23.3. The van der Waals surface area contributed by atoms with Crippen molar-refractivity contribution in [2.45, 2.75) is 32.1 Å². The van der Waals surface area contributed by atoms with Crippen molar-refractivity contribution in [3.05, 3.63) is 22.4 Å². The highest BCUT2D eigenvalue weighted by molar-refractivity contribution is 7.07. The van der Waals surface area contributed by atoms with Crippen molar-refractivity contribution in [3.8, 4) is 0 Å². The zero-order valence-corrected chi connectivity index (χ0v) is 9.76. The average Bonchev–Trinajstić information content (AvgIpc) is 2.74. The van der Waals surface area contributed by atoms with Crippen LogP contribution in [0.25, 0.3) is 0 Å². The maximum absolute atomic E-state index is 11.9. The van der Waals surface area contributed by atoms with Crippen LogP contribution in [0.1, 0.15) is 31.2 Å². The van der Waals surface area contributed by atoms with Crippen molar-refractivity contribution >= 4 is 23.1 Å². The van der Waals surface area contributed by atoms with E-state index in [-0.39, 0.29) is 5.78 Å². The van der Waals surface area contributed by atoms with Gasteiger partial charge in [-0.25, -0.2) is 0 Å². The molecule has 86 valence electrons. The molecule has 1 atom stereocenters. The van der Waals surface area contributed by atoms with E-state index in [2.05, 4.69) is 0 Å². The average molecular weight is 238 g/mol. The van der Waals surface area contributed by atoms with Gasteiger partial charge in [-0.1, -0.05) is 6.42 Å². The quantitative estimate of drug-likeness (QED) is 0.823. The third-order valence-corrected chi connectivity index (χ3v) is 4.02. The maximum Gasteiger partial charge on any atom is 0.317 e. The minimum Gasteiger partial charge on any atom is -0.480 e. The van der Waals surface area contributed by atoms with Gasteiger partial charge in [0.25, 0.3) is 0 Å². The maximum atomic E-state index is 11.9. The van der Waals surface area contributed by atoms with Crippen molar-refractivity contribution in [2.24, 2.45) is 5.41 Å². The Labute approximate surface area is 98.1 Å². The van der Waals surface area contributed by atoms with E-state index in [0.717, 1.165) is 18.4 Å². The lowest BCUT2D eigenvalue weighted by atomic mass is 9.69. The molecule has 1 aromatic rings. The Morgan fingerprint density at radius 2 is 2.31 bits per heavy atom. The SMILES string of the molecule is O=C(O)C1(Cc2ccsc2)CCCCC1=O. The first-order valence-electron chi connectivity index (χ1n) is 5.43. The molecule has 0 aromatic carbocycles. The number of Topliss-reactive ketones (excluding diaryl/α,β-unsaturated/α-hetero) is 1. The number of ketones is 1. The number of hydrogen-bond acceptors (Lipinski definition) is 3. The van der Waals surface area contributed by atoms with Gasteiger partial charge in [0.05, 0.1) is 0 Å². The summed E-state index contributed by atoms with van der Waals surface area (Å²) in [6, 6.07) is 1.90. The lowest BCUT2D eigenvalue weighted by Crippen LogP contribution is -2.43. The van der Waals surface area contributed by atoms with Crippen molar-refractivity contribution in [2.75, 3.05) is 0 Å². The molecule has 1 aliphatic carbocycles. The molecule has 1 heterocycles. The molecular weight excluding hydrogens is 224 g/mol. The summed E-state index contributed by atoms with van der Waals surface area (Å²) in [6.45, 7) is 0. The number of carbonyl (C=O) groups excluding carboxylic acids is 1. The number of carboxylic acid groups (broad SMARTS) is 1. The van der Waals surface area contributed by atoms with Gasteiger partial charge in [0.2, 0.25) is 0 Å². The van der Waals surface area contributed by atoms with Gasteiger partial charge in [0, 0.05) is 6.42 Å². The first-order chi connectivity index (χ1) is 7.65. The normalized spacial score (nSPS) is 25.6. The van der Waals surface area contributed by atoms with Gasteiger partial charge in [-0.2, -0.15) is 11.3 Å². The molecule has 1 unspecified atom stereocenters. The van der Waals surface area contributed by atoms with Crippen LogP contribution in [0.15, 0.2) is 16.8 Å². The Hall–Kier alpha value is -1.16. The van der Waals surface area contributed by atoms with Gasteiger partial charge in [0.1, 0.15) is 5.41 Å². The van der Waals surface area contributed by atoms with Crippen LogP contribution < -0.4 is 0 Å². The number of aliphatic carboxylic acids is 1. The first-order valence-corrected chi connectivity index (χ1v) is 6.37. The molecular formula is C12H14O3S. The Morgan fingerprint density at radius 3 is 2.88 bits per heavy atom. The minimum atomic E-state index is -1.15. The summed E-state index contributed by atoms with van der Waals surface area (Å²) in [6.07, 6.45) is 2.91. The van der Waals surface area contributed by atoms with E-state index in [9.17, 15) is 14.7 Å². The van der Waals surface area contributed by atoms with E-state index in [4.69, 9.17) is 0 Å². The molecule has 2 rings (SSSR count). The van der Waals surface area contributed by atoms with E-state index in [1.165, 1.54) is 11.3 Å². The summed E-state index contributed by atoms with van der Waals surface area (Å²) >= 11 is 1.54. The largest absolute Gasteiger partial charge is 0.480 e. The van der Waals surface area contributed by atoms with Gasteiger partial charge in [-0.05, 0) is 41.7 Å². The first kappa shape index (κ1) is 11.3. The monoisotopic (exact) mass is 238 g/mol. The predicted octanol–water partition coefficient (Wildman–Crippen LogP) is 2.50. The molecule has 0 aliphatic heterocycles. The van der Waals surface area contributed by atoms with E-state index in [1.54, 1.807) is 0 Å². The van der Waals surface area contributed by atoms with Gasteiger partial charge < -0.3 is 5.11 Å². The summed E-state index contributed by atoms with van der Waals surface area (Å²) in [7, 11) is 0. The molecule has 1 N–H and O–H groups in total. The second-order valence-corrected chi connectivity index (χ2v) is 5.11. The molecule has 1 aliphatic rings. The molecule has 4 heteroatoms. The molecule has 3 nitrogen and oxygen atoms in total. The van der Waals surface area contributed by atoms with E-state index in [0.29, 0.717) is 19.3 Å². The molecule has 1 fully saturated rings. The second kappa shape index (κ2) is 4.37. The van der Waals surface area contributed by atoms with Crippen molar-refractivity contribution in [1.29, 1.82) is 0 Å². The molecule has 0 amide bonds. The number of hydrogen-bond donors (Lipinski definition) is 1. The fourth-order valence-corrected chi connectivity index (χ4v) is 2.99. The van der Waals surface area contributed by atoms with Crippen LogP contribution in [-0.2, 0) is 16.0 Å². The van der Waals surface area contributed by atoms with Crippen LogP contribution in [0.2, 0.25) is 0 Å². The summed E-state index contributed by atoms with van der Waals surface area (Å²) in [5.74, 6) is -1.05. The van der Waals surface area contributed by atoms with Crippen LogP contribution >= 0.6 is 11.3 Å². The Balaban J connectivity index is 2.27. The van der Waals surface area contributed by atoms with Crippen LogP contribution in [0, 0.1) is 5.41 Å². The molecule has 0 saturated heterocycles. The Kier molecular flexibility index (Phi) is 3.10. The summed E-state index contributed by atoms with van der Waals surface area (Å²) < 4.78 is 0. The lowest BCUT2D eigenvalue weighted by molar-refractivity contribution is -0.157. The van der Waals surface area contributed by atoms with Gasteiger partial charge in [-0.15, -0.1) is 0 Å². The lowest BCUT2D eigenvalue weighted by Gasteiger charge is -2.31. The van der Waals surface area contributed by atoms with Crippen LogP contribution in [-0.4, -0.2) is 16.9 Å². The second-order valence-electron chi connectivity index (χ2n) is 4.33. The zero-order chi connectivity index (χ0) is 11.6. The summed E-state index contributed by atoms with van der Waals surface area (Å²) in [5, 5.41) is 13.2. The van der Waals surface area contributed by atoms with Gasteiger partial charge in [-0.3, -0.25) is 9.59 Å². The smallest absolute Gasteiger partial charge is 0.317 e. The molecule has 1 aromatic heterocycles. The minimum absolute atomic E-state index is 0.0996. The Bertz CT molecular complexity index is 396. The molecule has 16 heavy (non-hydrogen) atoms. The van der Waals surface area contributed by atoms with E-state index < -0.39 is 11.4 Å². The molecule has 0 spiro atoms. The fraction of sp³-hybridized carbons (Fsp3) is 0.500. The Morgan fingerprint density at radius 1 is 1.50 bits per heavy atom. The predicted molar refractivity (Wildman–Crippen MR) is 61.6 cm³/mol. The van der Waals surface area contributed by atoms with E-state index in [1.807, 2.05) is 16.8 Å². The van der Waals surface area contributed by atoms with Crippen molar-refractivity contribution in [1.82, 2.24) is 0 Å². The topological polar surface area (TPSA) is 54.4 Å². The number of thiophene rings is 1. The summed E-state index contributed by atoms with van der Waals surface area (Å²) in [5.41, 5.74) is -0.193. The van der Waals surface area contributed by atoms with Crippen LogP contribution in [0.4, 0.5) is 0 Å². The standard InChI is InChI=1S/C12H14O3S/c13-10-3-1-2-5-12(10,11(14)15)7-9-4-6-16-8-9/h4,6,8H,1-3,5,7H2,(H,14,15).